The molecule has 2 fully saturated rings. The Bertz CT molecular complexity index is 837. The van der Waals surface area contributed by atoms with E-state index >= 15 is 0 Å². The Balaban J connectivity index is 0.000000572. The van der Waals surface area contributed by atoms with Crippen molar-refractivity contribution in [2.45, 2.75) is 45.2 Å². The fourth-order valence-electron chi connectivity index (χ4n) is 4.16. The number of benzene rings is 1. The van der Waals surface area contributed by atoms with Crippen molar-refractivity contribution in [2.75, 3.05) is 58.9 Å². The molecule has 2 N–H and O–H groups in total. The number of hydrogen-bond acceptors (Lipinski definition) is 5. The van der Waals surface area contributed by atoms with E-state index in [1.807, 2.05) is 41.0 Å². The minimum Gasteiger partial charge on any atom is -0.475 e. The van der Waals surface area contributed by atoms with Gasteiger partial charge in [0.1, 0.15) is 0 Å². The molecule has 2 aliphatic heterocycles. The monoisotopic (exact) mass is 514 g/mol. The summed E-state index contributed by atoms with van der Waals surface area (Å²) in [5, 5.41) is 10.4. The van der Waals surface area contributed by atoms with Crippen LogP contribution in [0.1, 0.15) is 48.0 Å². The van der Waals surface area contributed by atoms with Gasteiger partial charge in [0, 0.05) is 51.3 Å². The van der Waals surface area contributed by atoms with E-state index in [0.29, 0.717) is 25.1 Å². The minimum atomic E-state index is -5.08. The van der Waals surface area contributed by atoms with Crippen LogP contribution < -0.4 is 5.32 Å². The number of carboxylic acid groups (broad SMARTS) is 1. The fourth-order valence-corrected chi connectivity index (χ4v) is 4.16. The van der Waals surface area contributed by atoms with Gasteiger partial charge in [-0.1, -0.05) is 24.1 Å². The first kappa shape index (κ1) is 29.6. The predicted octanol–water partition coefficient (Wildman–Crippen LogP) is 2.77. The average molecular weight is 515 g/mol. The molecule has 2 amide bonds. The van der Waals surface area contributed by atoms with Crippen LogP contribution in [0.5, 0.6) is 0 Å². The molecule has 0 bridgehead atoms. The molecule has 0 radical (unpaired) electrons. The number of carbonyl (C=O) groups is 3. The summed E-state index contributed by atoms with van der Waals surface area (Å²) in [6.45, 7) is 9.84. The van der Waals surface area contributed by atoms with Crippen LogP contribution in [0.15, 0.2) is 24.3 Å². The van der Waals surface area contributed by atoms with Gasteiger partial charge in [-0.15, -0.1) is 0 Å². The summed E-state index contributed by atoms with van der Waals surface area (Å²) >= 11 is 0. The molecule has 2 heterocycles. The number of halogens is 3. The molecule has 0 spiro atoms. The molecule has 0 unspecified atom stereocenters. The number of piperazine rings is 1. The van der Waals surface area contributed by atoms with E-state index in [1.165, 1.54) is 32.4 Å². The molecule has 1 aromatic rings. The highest BCUT2D eigenvalue weighted by Gasteiger charge is 2.38. The van der Waals surface area contributed by atoms with Crippen LogP contribution in [-0.2, 0) is 9.59 Å². The lowest BCUT2D eigenvalue weighted by Gasteiger charge is -2.30. The summed E-state index contributed by atoms with van der Waals surface area (Å²) in [5.74, 6) is -2.56. The number of aliphatic carboxylic acids is 1. The molecular formula is C25H37F3N4O4. The smallest absolute Gasteiger partial charge is 0.475 e. The van der Waals surface area contributed by atoms with E-state index in [2.05, 4.69) is 10.2 Å². The van der Waals surface area contributed by atoms with Gasteiger partial charge in [-0.05, 0) is 58.0 Å². The standard InChI is InChI=1S/C23H36N4O2.C2HF3O2/c1-20-6-8-21(9-7-20)23(29)27(16-5-15-25-13-3-2-4-14-25)17-10-22(28)26-18-11-24-12-19-26;3-2(4,5)1(6)7/h6-9,24H,2-5,10-19H2,1H3;(H,6,7). The molecule has 0 aliphatic carbocycles. The van der Waals surface area contributed by atoms with Gasteiger partial charge in [-0.25, -0.2) is 4.79 Å². The van der Waals surface area contributed by atoms with E-state index in [9.17, 15) is 22.8 Å². The fraction of sp³-hybridized carbons (Fsp3) is 0.640. The first-order valence-corrected chi connectivity index (χ1v) is 12.4. The third kappa shape index (κ3) is 10.5. The van der Waals surface area contributed by atoms with Crippen molar-refractivity contribution in [1.82, 2.24) is 20.0 Å². The summed E-state index contributed by atoms with van der Waals surface area (Å²) in [6.07, 6.45) is 0.180. The molecule has 11 heteroatoms. The van der Waals surface area contributed by atoms with Gasteiger partial charge in [0.2, 0.25) is 5.91 Å². The first-order chi connectivity index (χ1) is 17.1. The van der Waals surface area contributed by atoms with Gasteiger partial charge in [-0.3, -0.25) is 9.59 Å². The number of aryl methyl sites for hydroxylation is 1. The molecule has 36 heavy (non-hydrogen) atoms. The van der Waals surface area contributed by atoms with Crippen molar-refractivity contribution in [3.63, 3.8) is 0 Å². The zero-order valence-corrected chi connectivity index (χ0v) is 20.9. The number of nitrogens with one attached hydrogen (secondary N) is 1. The lowest BCUT2D eigenvalue weighted by atomic mass is 10.1. The Morgan fingerprint density at radius 3 is 2.11 bits per heavy atom. The number of hydrogen-bond donors (Lipinski definition) is 2. The average Bonchev–Trinajstić information content (AvgIpc) is 2.87. The highest BCUT2D eigenvalue weighted by Crippen LogP contribution is 2.13. The van der Waals surface area contributed by atoms with Crippen LogP contribution in [0.25, 0.3) is 0 Å². The molecule has 0 atom stereocenters. The first-order valence-electron chi connectivity index (χ1n) is 12.4. The largest absolute Gasteiger partial charge is 0.490 e. The van der Waals surface area contributed by atoms with Crippen LogP contribution >= 0.6 is 0 Å². The summed E-state index contributed by atoms with van der Waals surface area (Å²) in [6, 6.07) is 7.75. The van der Waals surface area contributed by atoms with Gasteiger partial charge >= 0.3 is 12.1 Å². The summed E-state index contributed by atoms with van der Waals surface area (Å²) in [7, 11) is 0. The van der Waals surface area contributed by atoms with E-state index in [1.54, 1.807) is 0 Å². The van der Waals surface area contributed by atoms with Gasteiger partial charge < -0.3 is 25.1 Å². The third-order valence-electron chi connectivity index (χ3n) is 6.24. The maximum atomic E-state index is 13.1. The molecule has 8 nitrogen and oxygen atoms in total. The number of rotatable bonds is 8. The Morgan fingerprint density at radius 2 is 1.56 bits per heavy atom. The predicted molar refractivity (Wildman–Crippen MR) is 130 cm³/mol. The van der Waals surface area contributed by atoms with Crippen molar-refractivity contribution < 1.29 is 32.7 Å². The van der Waals surface area contributed by atoms with Crippen LogP contribution in [0.3, 0.4) is 0 Å². The maximum absolute atomic E-state index is 13.1. The van der Waals surface area contributed by atoms with Crippen molar-refractivity contribution >= 4 is 17.8 Å². The zero-order chi connectivity index (χ0) is 26.6. The lowest BCUT2D eigenvalue weighted by molar-refractivity contribution is -0.192. The molecule has 202 valence electrons. The van der Waals surface area contributed by atoms with Crippen LogP contribution in [-0.4, -0.2) is 103 Å². The van der Waals surface area contributed by atoms with Crippen LogP contribution in [0.2, 0.25) is 0 Å². The van der Waals surface area contributed by atoms with Crippen LogP contribution in [0, 0.1) is 6.92 Å². The Labute approximate surface area is 210 Å². The number of carbonyl (C=O) groups excluding carboxylic acids is 2. The maximum Gasteiger partial charge on any atom is 0.490 e. The minimum absolute atomic E-state index is 0.0387. The Morgan fingerprint density at radius 1 is 0.972 bits per heavy atom. The van der Waals surface area contributed by atoms with Gasteiger partial charge in [-0.2, -0.15) is 13.2 Å². The summed E-state index contributed by atoms with van der Waals surface area (Å²) in [5.41, 5.74) is 1.86. The van der Waals surface area contributed by atoms with Crippen molar-refractivity contribution in [2.24, 2.45) is 0 Å². The second kappa shape index (κ2) is 14.8. The lowest BCUT2D eigenvalue weighted by Crippen LogP contribution is -2.47. The van der Waals surface area contributed by atoms with E-state index in [0.717, 1.165) is 44.7 Å². The number of alkyl halides is 3. The van der Waals surface area contributed by atoms with Crippen molar-refractivity contribution in [1.29, 1.82) is 0 Å². The Kier molecular flexibility index (Phi) is 12.1. The normalized spacial score (nSPS) is 16.6. The number of amides is 2. The van der Waals surface area contributed by atoms with E-state index < -0.39 is 12.1 Å². The second-order valence-electron chi connectivity index (χ2n) is 9.10. The number of piperidine rings is 1. The van der Waals surface area contributed by atoms with E-state index in [4.69, 9.17) is 9.90 Å². The summed E-state index contributed by atoms with van der Waals surface area (Å²) < 4.78 is 31.7. The van der Waals surface area contributed by atoms with Gasteiger partial charge in [0.25, 0.3) is 5.91 Å². The Hall–Kier alpha value is -2.66. The van der Waals surface area contributed by atoms with Crippen molar-refractivity contribution in [3.05, 3.63) is 35.4 Å². The third-order valence-corrected chi connectivity index (χ3v) is 6.24. The molecule has 3 rings (SSSR count). The number of nitrogens with zero attached hydrogens (tertiary/aromatic N) is 3. The highest BCUT2D eigenvalue weighted by atomic mass is 19.4. The molecule has 1 aromatic carbocycles. The molecule has 0 saturated carbocycles. The molecule has 2 aliphatic rings. The van der Waals surface area contributed by atoms with Gasteiger partial charge in [0.15, 0.2) is 0 Å². The number of carboxylic acids is 1. The highest BCUT2D eigenvalue weighted by molar-refractivity contribution is 5.94. The zero-order valence-electron chi connectivity index (χ0n) is 20.9. The topological polar surface area (TPSA) is 93.2 Å². The quantitative estimate of drug-likeness (QED) is 0.554. The molecule has 0 aromatic heterocycles. The number of likely N-dealkylation sites (tertiary alicyclic amines) is 1. The second-order valence-corrected chi connectivity index (χ2v) is 9.10. The SMILES string of the molecule is Cc1ccc(C(=O)N(CCCN2CCCCC2)CCC(=O)N2CCNCC2)cc1.O=C(O)C(F)(F)F. The van der Waals surface area contributed by atoms with Crippen LogP contribution in [0.4, 0.5) is 13.2 Å². The van der Waals surface area contributed by atoms with Gasteiger partial charge in [0.05, 0.1) is 0 Å². The summed E-state index contributed by atoms with van der Waals surface area (Å²) in [4.78, 5) is 40.9. The van der Waals surface area contributed by atoms with Crippen molar-refractivity contribution in [3.8, 4) is 0 Å². The molecular weight excluding hydrogens is 477 g/mol. The van der Waals surface area contributed by atoms with E-state index in [-0.39, 0.29) is 11.8 Å². The molecule has 2 saturated heterocycles.